The molecule has 1 atom stereocenters. The van der Waals surface area contributed by atoms with Crippen molar-refractivity contribution < 1.29 is 9.21 Å². The van der Waals surface area contributed by atoms with Gasteiger partial charge in [-0.3, -0.25) is 18.9 Å². The summed E-state index contributed by atoms with van der Waals surface area (Å²) in [5, 5.41) is 3.19. The lowest BCUT2D eigenvalue weighted by atomic mass is 10.1. The van der Waals surface area contributed by atoms with Gasteiger partial charge < -0.3 is 9.73 Å². The monoisotopic (exact) mass is 502 g/mol. The van der Waals surface area contributed by atoms with E-state index in [2.05, 4.69) is 10.3 Å². The van der Waals surface area contributed by atoms with Crippen LogP contribution in [0, 0.1) is 6.92 Å². The lowest BCUT2D eigenvalue weighted by Crippen LogP contribution is -2.31. The van der Waals surface area contributed by atoms with Crippen molar-refractivity contribution >= 4 is 51.7 Å². The Labute approximate surface area is 211 Å². The largest absolute Gasteiger partial charge is 0.467 e. The number of thiocarbonyl (C=S) groups is 1. The Kier molecular flexibility index (Phi) is 6.27. The van der Waals surface area contributed by atoms with Gasteiger partial charge in [0, 0.05) is 6.20 Å². The first-order valence-corrected chi connectivity index (χ1v) is 12.3. The van der Waals surface area contributed by atoms with Crippen LogP contribution in [-0.2, 0) is 11.3 Å². The smallest absolute Gasteiger partial charge is 0.267 e. The van der Waals surface area contributed by atoms with E-state index in [0.717, 1.165) is 11.1 Å². The number of pyridine rings is 1. The van der Waals surface area contributed by atoms with Crippen molar-refractivity contribution in [1.29, 1.82) is 0 Å². The molecule has 7 nitrogen and oxygen atoms in total. The topological polar surface area (TPSA) is 79.8 Å². The summed E-state index contributed by atoms with van der Waals surface area (Å²) in [5.41, 5.74) is 2.42. The second-order valence-electron chi connectivity index (χ2n) is 8.19. The number of hydrogen-bond acceptors (Lipinski definition) is 7. The Morgan fingerprint density at radius 1 is 1.14 bits per heavy atom. The molecule has 1 aliphatic rings. The van der Waals surface area contributed by atoms with Gasteiger partial charge in [0.25, 0.3) is 11.5 Å². The minimum atomic E-state index is -0.276. The number of carbonyl (C=O) groups is 1. The molecule has 9 heteroatoms. The minimum Gasteiger partial charge on any atom is -0.467 e. The number of aromatic nitrogens is 2. The fraction of sp³-hybridized carbons (Fsp3) is 0.154. The molecule has 1 saturated heterocycles. The van der Waals surface area contributed by atoms with Crippen molar-refractivity contribution in [2.75, 3.05) is 5.32 Å². The Hall–Kier alpha value is -3.69. The maximum absolute atomic E-state index is 13.5. The SMILES string of the molecule is Cc1ccc2nc(NCc3ccco3)c(/C=C3/SC(=S)N([C@H](C)c4ccccc4)C3=O)c(=O)n2c1. The molecule has 0 bridgehead atoms. The van der Waals surface area contributed by atoms with Crippen LogP contribution >= 0.6 is 24.0 Å². The van der Waals surface area contributed by atoms with Gasteiger partial charge in [-0.05, 0) is 49.2 Å². The molecule has 4 heterocycles. The summed E-state index contributed by atoms with van der Waals surface area (Å²) in [6.07, 6.45) is 4.91. The fourth-order valence-corrected chi connectivity index (χ4v) is 5.33. The number of thioether (sulfide) groups is 1. The molecular weight excluding hydrogens is 480 g/mol. The van der Waals surface area contributed by atoms with Crippen LogP contribution in [0.2, 0.25) is 0 Å². The first-order chi connectivity index (χ1) is 16.9. The molecule has 1 aromatic carbocycles. The molecule has 1 aliphatic heterocycles. The average molecular weight is 503 g/mol. The summed E-state index contributed by atoms with van der Waals surface area (Å²) in [6, 6.07) is 16.8. The summed E-state index contributed by atoms with van der Waals surface area (Å²) in [4.78, 5) is 33.6. The zero-order valence-corrected chi connectivity index (χ0v) is 20.7. The fourth-order valence-electron chi connectivity index (χ4n) is 3.93. The van der Waals surface area contributed by atoms with E-state index in [4.69, 9.17) is 16.6 Å². The third-order valence-corrected chi connectivity index (χ3v) is 7.11. The second kappa shape index (κ2) is 9.52. The van der Waals surface area contributed by atoms with Crippen molar-refractivity contribution in [2.45, 2.75) is 26.4 Å². The molecule has 0 unspecified atom stereocenters. The van der Waals surface area contributed by atoms with Gasteiger partial charge in [-0.1, -0.05) is 60.4 Å². The molecule has 1 N–H and O–H groups in total. The zero-order chi connectivity index (χ0) is 24.5. The summed E-state index contributed by atoms with van der Waals surface area (Å²) in [5.74, 6) is 0.837. The van der Waals surface area contributed by atoms with Gasteiger partial charge in [-0.2, -0.15) is 0 Å². The van der Waals surface area contributed by atoms with Gasteiger partial charge in [-0.15, -0.1) is 0 Å². The predicted octanol–water partition coefficient (Wildman–Crippen LogP) is 5.17. The lowest BCUT2D eigenvalue weighted by Gasteiger charge is -2.23. The molecule has 0 aliphatic carbocycles. The van der Waals surface area contributed by atoms with E-state index >= 15 is 0 Å². The first-order valence-electron chi connectivity index (χ1n) is 11.0. The first kappa shape index (κ1) is 23.1. The highest BCUT2D eigenvalue weighted by atomic mass is 32.2. The maximum Gasteiger partial charge on any atom is 0.267 e. The lowest BCUT2D eigenvalue weighted by molar-refractivity contribution is -0.123. The highest BCUT2D eigenvalue weighted by Crippen LogP contribution is 2.38. The molecular formula is C26H22N4O3S2. The van der Waals surface area contributed by atoms with E-state index in [1.807, 2.05) is 56.3 Å². The predicted molar refractivity (Wildman–Crippen MR) is 142 cm³/mol. The van der Waals surface area contributed by atoms with Gasteiger partial charge in [0.1, 0.15) is 21.5 Å². The highest BCUT2D eigenvalue weighted by molar-refractivity contribution is 8.26. The number of nitrogens with one attached hydrogen (secondary N) is 1. The molecule has 0 saturated carbocycles. The molecule has 0 radical (unpaired) electrons. The maximum atomic E-state index is 13.5. The molecule has 1 fully saturated rings. The van der Waals surface area contributed by atoms with Crippen molar-refractivity contribution in [3.63, 3.8) is 0 Å². The molecule has 35 heavy (non-hydrogen) atoms. The number of anilines is 1. The molecule has 3 aromatic heterocycles. The van der Waals surface area contributed by atoms with E-state index in [0.29, 0.717) is 33.0 Å². The number of hydrogen-bond donors (Lipinski definition) is 1. The number of amides is 1. The van der Waals surface area contributed by atoms with Crippen molar-refractivity contribution in [3.8, 4) is 0 Å². The van der Waals surface area contributed by atoms with Crippen LogP contribution in [0.5, 0.6) is 0 Å². The highest BCUT2D eigenvalue weighted by Gasteiger charge is 2.36. The molecule has 4 aromatic rings. The zero-order valence-electron chi connectivity index (χ0n) is 19.1. The summed E-state index contributed by atoms with van der Waals surface area (Å²) >= 11 is 6.74. The normalized spacial score (nSPS) is 15.8. The minimum absolute atomic E-state index is 0.232. The Morgan fingerprint density at radius 3 is 2.69 bits per heavy atom. The van der Waals surface area contributed by atoms with Crippen LogP contribution in [0.25, 0.3) is 11.7 Å². The van der Waals surface area contributed by atoms with Gasteiger partial charge in [-0.25, -0.2) is 4.98 Å². The van der Waals surface area contributed by atoms with Crippen LogP contribution in [0.4, 0.5) is 5.82 Å². The third-order valence-electron chi connectivity index (χ3n) is 5.78. The molecule has 5 rings (SSSR count). The molecule has 0 spiro atoms. The number of rotatable bonds is 6. The van der Waals surface area contributed by atoms with E-state index in [1.54, 1.807) is 35.6 Å². The van der Waals surface area contributed by atoms with Crippen LogP contribution in [0.3, 0.4) is 0 Å². The Bertz CT molecular complexity index is 1510. The number of aryl methyl sites for hydroxylation is 1. The number of nitrogens with zero attached hydrogens (tertiary/aromatic N) is 3. The van der Waals surface area contributed by atoms with Crippen molar-refractivity contribution in [1.82, 2.24) is 14.3 Å². The van der Waals surface area contributed by atoms with E-state index < -0.39 is 0 Å². The van der Waals surface area contributed by atoms with Gasteiger partial charge in [0.2, 0.25) is 0 Å². The number of benzene rings is 1. The van der Waals surface area contributed by atoms with Crippen molar-refractivity contribution in [2.24, 2.45) is 0 Å². The van der Waals surface area contributed by atoms with Crippen LogP contribution in [0.15, 0.2) is 81.2 Å². The van der Waals surface area contributed by atoms with Gasteiger partial charge >= 0.3 is 0 Å². The number of carbonyl (C=O) groups excluding carboxylic acids is 1. The van der Waals surface area contributed by atoms with E-state index in [1.165, 1.54) is 16.2 Å². The van der Waals surface area contributed by atoms with Crippen LogP contribution in [0.1, 0.15) is 35.4 Å². The standard InChI is InChI=1S/C26H22N4O3S2/c1-16-10-11-22-28-23(27-14-19-9-6-12-33-19)20(24(31)29(22)15-16)13-21-25(32)30(26(34)35-21)17(2)18-7-4-3-5-8-18/h3-13,15,17,27H,14H2,1-2H3/b21-13+/t17-/m1/s1. The second-order valence-corrected chi connectivity index (χ2v) is 9.86. The summed E-state index contributed by atoms with van der Waals surface area (Å²) in [6.45, 7) is 4.19. The molecule has 176 valence electrons. The quantitative estimate of drug-likeness (QED) is 0.288. The number of furan rings is 1. The van der Waals surface area contributed by atoms with Crippen LogP contribution < -0.4 is 10.9 Å². The average Bonchev–Trinajstić information content (AvgIpc) is 3.48. The van der Waals surface area contributed by atoms with Crippen LogP contribution in [-0.4, -0.2) is 24.5 Å². The molecule has 1 amide bonds. The Morgan fingerprint density at radius 2 is 1.94 bits per heavy atom. The third kappa shape index (κ3) is 4.52. The summed E-state index contributed by atoms with van der Waals surface area (Å²) in [7, 11) is 0. The van der Waals surface area contributed by atoms with E-state index in [-0.39, 0.29) is 23.1 Å². The van der Waals surface area contributed by atoms with Crippen molar-refractivity contribution in [3.05, 3.63) is 105 Å². The Balaban J connectivity index is 1.56. The van der Waals surface area contributed by atoms with Gasteiger partial charge in [0.05, 0.1) is 29.3 Å². The number of fused-ring (bicyclic) bond motifs is 1. The summed E-state index contributed by atoms with van der Waals surface area (Å²) < 4.78 is 7.35. The van der Waals surface area contributed by atoms with Gasteiger partial charge in [0.15, 0.2) is 0 Å². The van der Waals surface area contributed by atoms with E-state index in [9.17, 15) is 9.59 Å².